The minimum Gasteiger partial charge on any atom is -0.494 e. The highest BCUT2D eigenvalue weighted by atomic mass is 16.5. The first-order chi connectivity index (χ1) is 13.2. The fourth-order valence-electron chi connectivity index (χ4n) is 2.82. The van der Waals surface area contributed by atoms with Gasteiger partial charge < -0.3 is 15.2 Å². The van der Waals surface area contributed by atoms with E-state index in [1.807, 2.05) is 18.2 Å². The average Bonchev–Trinajstić information content (AvgIpc) is 2.67. The second-order valence-electron chi connectivity index (χ2n) is 6.29. The molecule has 0 aliphatic carbocycles. The molecule has 2 rings (SSSR count). The number of esters is 1. The Morgan fingerprint density at radius 3 is 2.44 bits per heavy atom. The van der Waals surface area contributed by atoms with Crippen LogP contribution in [0.5, 0.6) is 5.75 Å². The lowest BCUT2D eigenvalue weighted by Gasteiger charge is -2.11. The molecule has 2 N–H and O–H groups in total. The Bertz CT molecular complexity index is 745. The Morgan fingerprint density at radius 1 is 1.07 bits per heavy atom. The van der Waals surface area contributed by atoms with Gasteiger partial charge in [-0.1, -0.05) is 48.4 Å². The van der Waals surface area contributed by atoms with Crippen molar-refractivity contribution in [1.29, 1.82) is 0 Å². The molecule has 0 aliphatic rings. The van der Waals surface area contributed by atoms with Crippen LogP contribution in [0.2, 0.25) is 0 Å². The highest BCUT2D eigenvalue weighted by Gasteiger charge is 2.12. The van der Waals surface area contributed by atoms with Crippen LogP contribution in [0.4, 0.5) is 0 Å². The molecule has 27 heavy (non-hydrogen) atoms. The minimum atomic E-state index is -0.236. The molecule has 0 bridgehead atoms. The third kappa shape index (κ3) is 7.87. The SMILES string of the molecule is CCOC(=O)CC(C#CN)CCCOc1ccc(Cc2ccccc2)cc1. The standard InChI is InChI=1S/C23H27NO3/c1-2-26-23(25)18-20(14-15-24)9-6-16-27-22-12-10-21(11-13-22)17-19-7-4-3-5-8-19/h3-5,7-8,10-13,20H,2,6,9,16-18,24H2,1H3. The minimum absolute atomic E-state index is 0.0918. The number of nitrogens with two attached hydrogens (primary N) is 1. The maximum absolute atomic E-state index is 11.6. The maximum Gasteiger partial charge on any atom is 0.307 e. The monoisotopic (exact) mass is 365 g/mol. The van der Waals surface area contributed by atoms with Crippen molar-refractivity contribution in [2.24, 2.45) is 11.7 Å². The molecule has 0 saturated carbocycles. The van der Waals surface area contributed by atoms with Gasteiger partial charge in [-0.3, -0.25) is 4.79 Å². The molecule has 0 radical (unpaired) electrons. The highest BCUT2D eigenvalue weighted by Crippen LogP contribution is 2.17. The van der Waals surface area contributed by atoms with Crippen molar-refractivity contribution in [1.82, 2.24) is 0 Å². The normalized spacial score (nSPS) is 11.1. The predicted octanol–water partition coefficient (Wildman–Crippen LogP) is 3.93. The first-order valence-corrected chi connectivity index (χ1v) is 9.33. The molecule has 2 aromatic rings. The molecule has 0 amide bonds. The van der Waals surface area contributed by atoms with Crippen molar-refractivity contribution in [2.45, 2.75) is 32.6 Å². The number of carbonyl (C=O) groups excluding carboxylic acids is 1. The van der Waals surface area contributed by atoms with Crippen LogP contribution in [0.3, 0.4) is 0 Å². The molecule has 2 aromatic carbocycles. The number of ether oxygens (including phenoxy) is 2. The van der Waals surface area contributed by atoms with Crippen molar-refractivity contribution in [2.75, 3.05) is 13.2 Å². The Hall–Kier alpha value is -2.93. The van der Waals surface area contributed by atoms with E-state index in [0.29, 0.717) is 13.2 Å². The second kappa shape index (κ2) is 11.6. The van der Waals surface area contributed by atoms with Gasteiger partial charge in [-0.25, -0.2) is 0 Å². The van der Waals surface area contributed by atoms with Crippen molar-refractivity contribution in [3.05, 3.63) is 65.7 Å². The molecule has 0 aliphatic heterocycles. The van der Waals surface area contributed by atoms with E-state index in [0.717, 1.165) is 25.0 Å². The topological polar surface area (TPSA) is 61.5 Å². The van der Waals surface area contributed by atoms with E-state index in [-0.39, 0.29) is 18.3 Å². The highest BCUT2D eigenvalue weighted by molar-refractivity contribution is 5.70. The molecule has 0 aromatic heterocycles. The van der Waals surface area contributed by atoms with E-state index < -0.39 is 0 Å². The molecule has 1 unspecified atom stereocenters. The van der Waals surface area contributed by atoms with Gasteiger partial charge in [-0.15, -0.1) is 0 Å². The zero-order valence-corrected chi connectivity index (χ0v) is 15.8. The van der Waals surface area contributed by atoms with E-state index in [1.54, 1.807) is 6.92 Å². The lowest BCUT2D eigenvalue weighted by molar-refractivity contribution is -0.143. The number of benzene rings is 2. The zero-order valence-electron chi connectivity index (χ0n) is 15.8. The van der Waals surface area contributed by atoms with Crippen molar-refractivity contribution < 1.29 is 14.3 Å². The number of carbonyl (C=O) groups is 1. The van der Waals surface area contributed by atoms with Gasteiger partial charge in [0, 0.05) is 12.0 Å². The van der Waals surface area contributed by atoms with Crippen molar-refractivity contribution in [3.63, 3.8) is 0 Å². The smallest absolute Gasteiger partial charge is 0.307 e. The summed E-state index contributed by atoms with van der Waals surface area (Å²) < 4.78 is 10.8. The van der Waals surface area contributed by atoms with Crippen LogP contribution < -0.4 is 10.5 Å². The van der Waals surface area contributed by atoms with Gasteiger partial charge in [0.15, 0.2) is 0 Å². The second-order valence-corrected chi connectivity index (χ2v) is 6.29. The summed E-state index contributed by atoms with van der Waals surface area (Å²) in [6.07, 6.45) is 2.72. The van der Waals surface area contributed by atoms with Crippen LogP contribution in [-0.4, -0.2) is 19.2 Å². The number of rotatable bonds is 10. The van der Waals surface area contributed by atoms with E-state index in [1.165, 1.54) is 11.1 Å². The number of hydrogen-bond donors (Lipinski definition) is 1. The molecule has 0 saturated heterocycles. The first kappa shape index (κ1) is 20.4. The maximum atomic E-state index is 11.6. The predicted molar refractivity (Wildman–Crippen MR) is 107 cm³/mol. The Kier molecular flexibility index (Phi) is 8.79. The van der Waals surface area contributed by atoms with Crippen LogP contribution in [0.25, 0.3) is 0 Å². The Labute approximate surface area is 161 Å². The van der Waals surface area contributed by atoms with E-state index in [2.05, 4.69) is 48.4 Å². The summed E-state index contributed by atoms with van der Waals surface area (Å²) in [6.45, 7) is 2.75. The molecule has 0 spiro atoms. The fraction of sp³-hybridized carbons (Fsp3) is 0.348. The number of hydrogen-bond acceptors (Lipinski definition) is 4. The van der Waals surface area contributed by atoms with Gasteiger partial charge in [0.2, 0.25) is 0 Å². The summed E-state index contributed by atoms with van der Waals surface area (Å²) in [7, 11) is 0. The molecule has 4 nitrogen and oxygen atoms in total. The van der Waals surface area contributed by atoms with Gasteiger partial charge in [0.1, 0.15) is 5.75 Å². The summed E-state index contributed by atoms with van der Waals surface area (Å²) in [5, 5.41) is 0. The van der Waals surface area contributed by atoms with Crippen LogP contribution >= 0.6 is 0 Å². The molecular weight excluding hydrogens is 338 g/mol. The van der Waals surface area contributed by atoms with Gasteiger partial charge >= 0.3 is 5.97 Å². The zero-order chi connectivity index (χ0) is 19.3. The van der Waals surface area contributed by atoms with Gasteiger partial charge in [-0.05, 0) is 49.4 Å². The van der Waals surface area contributed by atoms with Crippen LogP contribution in [-0.2, 0) is 16.0 Å². The van der Waals surface area contributed by atoms with Gasteiger partial charge in [-0.2, -0.15) is 0 Å². The quantitative estimate of drug-likeness (QED) is 0.300. The molecular formula is C23H27NO3. The van der Waals surface area contributed by atoms with E-state index in [4.69, 9.17) is 15.2 Å². The lowest BCUT2D eigenvalue weighted by Crippen LogP contribution is -2.12. The van der Waals surface area contributed by atoms with Crippen molar-refractivity contribution >= 4 is 5.97 Å². The van der Waals surface area contributed by atoms with Crippen molar-refractivity contribution in [3.8, 4) is 17.7 Å². The first-order valence-electron chi connectivity index (χ1n) is 9.33. The van der Waals surface area contributed by atoms with E-state index >= 15 is 0 Å². The lowest BCUT2D eigenvalue weighted by atomic mass is 10.0. The van der Waals surface area contributed by atoms with E-state index in [9.17, 15) is 4.79 Å². The summed E-state index contributed by atoms with van der Waals surface area (Å²) >= 11 is 0. The molecule has 0 heterocycles. The summed E-state index contributed by atoms with van der Waals surface area (Å²) in [6, 6.07) is 21.0. The van der Waals surface area contributed by atoms with Gasteiger partial charge in [0.25, 0.3) is 0 Å². The Morgan fingerprint density at radius 2 is 1.78 bits per heavy atom. The summed E-state index contributed by atoms with van der Waals surface area (Å²) in [4.78, 5) is 11.6. The Balaban J connectivity index is 1.74. The molecule has 142 valence electrons. The largest absolute Gasteiger partial charge is 0.494 e. The van der Waals surface area contributed by atoms with Crippen LogP contribution in [0.1, 0.15) is 37.3 Å². The average molecular weight is 365 g/mol. The molecule has 4 heteroatoms. The van der Waals surface area contributed by atoms with Crippen LogP contribution in [0, 0.1) is 17.9 Å². The third-order valence-electron chi connectivity index (χ3n) is 4.15. The van der Waals surface area contributed by atoms with Gasteiger partial charge in [0.05, 0.1) is 19.6 Å². The summed E-state index contributed by atoms with van der Waals surface area (Å²) in [5.41, 5.74) is 7.84. The summed E-state index contributed by atoms with van der Waals surface area (Å²) in [5.74, 6) is 3.39. The third-order valence-corrected chi connectivity index (χ3v) is 4.15. The molecule has 1 atom stereocenters. The molecule has 0 fully saturated rings. The van der Waals surface area contributed by atoms with Crippen LogP contribution in [0.15, 0.2) is 54.6 Å². The fourth-order valence-corrected chi connectivity index (χ4v) is 2.82.